The first kappa shape index (κ1) is 11.3. The van der Waals surface area contributed by atoms with Crippen molar-refractivity contribution in [2.45, 2.75) is 0 Å². The Labute approximate surface area is 97.6 Å². The molecule has 1 radical (unpaired) electrons. The third-order valence-corrected chi connectivity index (χ3v) is 3.09. The van der Waals surface area contributed by atoms with Crippen molar-refractivity contribution in [3.05, 3.63) is 30.7 Å². The second-order valence-electron chi connectivity index (χ2n) is 4.30. The number of hydrogen-bond donors (Lipinski definition) is 0. The average Bonchev–Trinajstić information content (AvgIpc) is 2.30. The summed E-state index contributed by atoms with van der Waals surface area (Å²) in [5.74, 6) is 0.928. The molecule has 0 unspecified atom stereocenters. The summed E-state index contributed by atoms with van der Waals surface area (Å²) in [6, 6.07) is 6.14. The van der Waals surface area contributed by atoms with Crippen molar-refractivity contribution in [3.63, 3.8) is 0 Å². The van der Waals surface area contributed by atoms with Crippen molar-refractivity contribution in [1.82, 2.24) is 4.90 Å². The van der Waals surface area contributed by atoms with E-state index in [4.69, 9.17) is 4.74 Å². The smallest absolute Gasteiger partial charge is 0.142 e. The van der Waals surface area contributed by atoms with Crippen LogP contribution in [0.5, 0.6) is 5.75 Å². The number of anilines is 1. The van der Waals surface area contributed by atoms with E-state index in [1.54, 1.807) is 7.11 Å². The molecule has 1 saturated heterocycles. The van der Waals surface area contributed by atoms with Gasteiger partial charge in [-0.1, -0.05) is 6.07 Å². The third kappa shape index (κ3) is 2.30. The topological polar surface area (TPSA) is 15.7 Å². The fraction of sp³-hybridized carbons (Fsp3) is 0.462. The molecular formula is C13H19N2O. The van der Waals surface area contributed by atoms with E-state index < -0.39 is 0 Å². The first-order chi connectivity index (χ1) is 7.70. The zero-order valence-electron chi connectivity index (χ0n) is 10.1. The zero-order chi connectivity index (χ0) is 11.5. The van der Waals surface area contributed by atoms with E-state index >= 15 is 0 Å². The Morgan fingerprint density at radius 1 is 1.19 bits per heavy atom. The Morgan fingerprint density at radius 2 is 1.88 bits per heavy atom. The first-order valence-electron chi connectivity index (χ1n) is 5.64. The van der Waals surface area contributed by atoms with Gasteiger partial charge in [-0.3, -0.25) is 0 Å². The van der Waals surface area contributed by atoms with Crippen LogP contribution in [0.25, 0.3) is 0 Å². The summed E-state index contributed by atoms with van der Waals surface area (Å²) in [7, 11) is 3.88. The maximum atomic E-state index is 5.41. The van der Waals surface area contributed by atoms with Gasteiger partial charge >= 0.3 is 0 Å². The van der Waals surface area contributed by atoms with Crippen LogP contribution in [0.3, 0.4) is 0 Å². The molecule has 3 nitrogen and oxygen atoms in total. The Kier molecular flexibility index (Phi) is 3.34. The minimum absolute atomic E-state index is 0.928. The molecule has 1 aromatic rings. The van der Waals surface area contributed by atoms with Crippen LogP contribution < -0.4 is 9.64 Å². The summed E-state index contributed by atoms with van der Waals surface area (Å²) in [5, 5.41) is 0. The monoisotopic (exact) mass is 219 g/mol. The van der Waals surface area contributed by atoms with E-state index in [-0.39, 0.29) is 0 Å². The van der Waals surface area contributed by atoms with Gasteiger partial charge in [-0.05, 0) is 31.7 Å². The predicted molar refractivity (Wildman–Crippen MR) is 67.2 cm³/mol. The Morgan fingerprint density at radius 3 is 2.50 bits per heavy atom. The molecule has 87 valence electrons. The highest BCUT2D eigenvalue weighted by atomic mass is 16.5. The molecule has 0 saturated carbocycles. The van der Waals surface area contributed by atoms with Gasteiger partial charge in [0.1, 0.15) is 5.75 Å². The van der Waals surface area contributed by atoms with Crippen LogP contribution in [0.4, 0.5) is 5.69 Å². The standard InChI is InChI=1S/C13H19N2O/c1-11-4-5-12(13(10-11)16-3)15-8-6-14(2)7-9-15/h4-5,10H,1,6-9H2,2-3H3. The maximum Gasteiger partial charge on any atom is 0.142 e. The number of likely N-dealkylation sites (N-methyl/N-ethyl adjacent to an activating group) is 1. The largest absolute Gasteiger partial charge is 0.495 e. The van der Waals surface area contributed by atoms with E-state index in [1.807, 2.05) is 12.1 Å². The lowest BCUT2D eigenvalue weighted by atomic mass is 10.2. The quantitative estimate of drug-likeness (QED) is 0.752. The molecule has 0 bridgehead atoms. The van der Waals surface area contributed by atoms with Gasteiger partial charge in [-0.2, -0.15) is 0 Å². The minimum atomic E-state index is 0.928. The lowest BCUT2D eigenvalue weighted by Crippen LogP contribution is -2.44. The molecule has 0 N–H and O–H groups in total. The molecule has 3 heteroatoms. The van der Waals surface area contributed by atoms with E-state index in [1.165, 1.54) is 5.69 Å². The van der Waals surface area contributed by atoms with Gasteiger partial charge in [0.2, 0.25) is 0 Å². The molecule has 0 aromatic heterocycles. The summed E-state index contributed by atoms with van der Waals surface area (Å²) < 4.78 is 5.41. The van der Waals surface area contributed by atoms with Crippen LogP contribution in [-0.2, 0) is 0 Å². The van der Waals surface area contributed by atoms with E-state index in [0.717, 1.165) is 37.5 Å². The fourth-order valence-electron chi connectivity index (χ4n) is 2.03. The highest BCUT2D eigenvalue weighted by Gasteiger charge is 2.17. The minimum Gasteiger partial charge on any atom is -0.495 e. The number of piperazine rings is 1. The number of hydrogen-bond acceptors (Lipinski definition) is 3. The summed E-state index contributed by atoms with van der Waals surface area (Å²) in [4.78, 5) is 4.72. The van der Waals surface area contributed by atoms with Gasteiger partial charge in [-0.15, -0.1) is 0 Å². The maximum absolute atomic E-state index is 5.41. The summed E-state index contributed by atoms with van der Waals surface area (Å²) in [5.41, 5.74) is 2.18. The normalized spacial score (nSPS) is 17.6. The van der Waals surface area contributed by atoms with Crippen molar-refractivity contribution in [2.75, 3.05) is 45.2 Å². The van der Waals surface area contributed by atoms with E-state index in [2.05, 4.69) is 29.8 Å². The summed E-state index contributed by atoms with van der Waals surface area (Å²) in [6.07, 6.45) is 0. The number of benzene rings is 1. The van der Waals surface area contributed by atoms with Crippen molar-refractivity contribution in [3.8, 4) is 5.75 Å². The van der Waals surface area contributed by atoms with E-state index in [9.17, 15) is 0 Å². The van der Waals surface area contributed by atoms with Gasteiger partial charge < -0.3 is 14.5 Å². The predicted octanol–water partition coefficient (Wildman–Crippen LogP) is 1.63. The Balaban J connectivity index is 2.19. The van der Waals surface area contributed by atoms with Crippen LogP contribution in [0.15, 0.2) is 18.2 Å². The SMILES string of the molecule is [CH2]c1ccc(N2CCN(C)CC2)c(OC)c1. The molecule has 1 aliphatic heterocycles. The molecule has 0 amide bonds. The second-order valence-corrected chi connectivity index (χ2v) is 4.30. The lowest BCUT2D eigenvalue weighted by Gasteiger charge is -2.34. The van der Waals surface area contributed by atoms with Crippen LogP contribution in [0.1, 0.15) is 5.56 Å². The molecule has 16 heavy (non-hydrogen) atoms. The van der Waals surface area contributed by atoms with Crippen LogP contribution >= 0.6 is 0 Å². The highest BCUT2D eigenvalue weighted by molar-refractivity contribution is 5.60. The fourth-order valence-corrected chi connectivity index (χ4v) is 2.03. The van der Waals surface area contributed by atoms with Crippen LogP contribution in [-0.4, -0.2) is 45.2 Å². The number of nitrogens with zero attached hydrogens (tertiary/aromatic N) is 2. The van der Waals surface area contributed by atoms with Gasteiger partial charge in [0.15, 0.2) is 0 Å². The van der Waals surface area contributed by atoms with E-state index in [0.29, 0.717) is 0 Å². The molecule has 2 rings (SSSR count). The Hall–Kier alpha value is -1.22. The molecule has 1 fully saturated rings. The zero-order valence-corrected chi connectivity index (χ0v) is 10.1. The average molecular weight is 219 g/mol. The van der Waals surface area contributed by atoms with Gasteiger partial charge in [0.25, 0.3) is 0 Å². The van der Waals surface area contributed by atoms with Crippen molar-refractivity contribution >= 4 is 5.69 Å². The number of ether oxygens (including phenoxy) is 1. The lowest BCUT2D eigenvalue weighted by molar-refractivity contribution is 0.311. The molecule has 1 heterocycles. The molecule has 1 aliphatic rings. The van der Waals surface area contributed by atoms with Gasteiger partial charge in [0.05, 0.1) is 12.8 Å². The molecular weight excluding hydrogens is 200 g/mol. The molecule has 0 atom stereocenters. The van der Waals surface area contributed by atoms with Crippen molar-refractivity contribution < 1.29 is 4.74 Å². The van der Waals surface area contributed by atoms with Gasteiger partial charge in [-0.25, -0.2) is 0 Å². The number of methoxy groups -OCH3 is 1. The first-order valence-corrected chi connectivity index (χ1v) is 5.64. The molecule has 1 aromatic carbocycles. The van der Waals surface area contributed by atoms with Crippen LogP contribution in [0.2, 0.25) is 0 Å². The number of rotatable bonds is 2. The summed E-state index contributed by atoms with van der Waals surface area (Å²) in [6.45, 7) is 8.25. The van der Waals surface area contributed by atoms with Crippen molar-refractivity contribution in [2.24, 2.45) is 0 Å². The van der Waals surface area contributed by atoms with Crippen molar-refractivity contribution in [1.29, 1.82) is 0 Å². The van der Waals surface area contributed by atoms with Gasteiger partial charge in [0, 0.05) is 26.2 Å². The molecule has 0 aliphatic carbocycles. The highest BCUT2D eigenvalue weighted by Crippen LogP contribution is 2.29. The molecule has 0 spiro atoms. The van der Waals surface area contributed by atoms with Crippen LogP contribution in [0, 0.1) is 6.92 Å². The summed E-state index contributed by atoms with van der Waals surface area (Å²) >= 11 is 0. The second kappa shape index (κ2) is 4.74. The third-order valence-electron chi connectivity index (χ3n) is 3.09. The Bertz CT molecular complexity index is 357.